The van der Waals surface area contributed by atoms with Crippen LogP contribution in [0.5, 0.6) is 0 Å². The molecule has 1 aromatic rings. The Hall–Kier alpha value is -1.28. The third kappa shape index (κ3) is 4.34. The number of carboxylic acids is 1. The monoisotopic (exact) mass is 329 g/mol. The van der Waals surface area contributed by atoms with Crippen LogP contribution in [0.25, 0.3) is 0 Å². The van der Waals surface area contributed by atoms with Gasteiger partial charge in [0, 0.05) is 31.1 Å². The fraction of sp³-hybridized carbons (Fsp3) is 0.615. The van der Waals surface area contributed by atoms with Crippen molar-refractivity contribution in [1.82, 2.24) is 9.88 Å². The van der Waals surface area contributed by atoms with Gasteiger partial charge >= 0.3 is 5.97 Å². The molecule has 1 amide bonds. The van der Waals surface area contributed by atoms with Gasteiger partial charge in [0.15, 0.2) is 5.13 Å². The summed E-state index contributed by atoms with van der Waals surface area (Å²) in [6.07, 6.45) is 0. The summed E-state index contributed by atoms with van der Waals surface area (Å²) in [6.45, 7) is 6.97. The number of aliphatic carboxylic acids is 1. The molecule has 8 heteroatoms. The Morgan fingerprint density at radius 2 is 1.90 bits per heavy atom. The van der Waals surface area contributed by atoms with Crippen molar-refractivity contribution in [2.75, 3.05) is 42.6 Å². The van der Waals surface area contributed by atoms with Gasteiger partial charge in [-0.3, -0.25) is 9.59 Å². The zero-order chi connectivity index (χ0) is 15.4. The summed E-state index contributed by atoms with van der Waals surface area (Å²) in [5.74, 6) is -0.648. The Morgan fingerprint density at radius 3 is 2.43 bits per heavy atom. The molecule has 0 unspecified atom stereocenters. The van der Waals surface area contributed by atoms with Crippen LogP contribution >= 0.6 is 23.1 Å². The van der Waals surface area contributed by atoms with Gasteiger partial charge in [0.05, 0.1) is 17.2 Å². The molecule has 6 nitrogen and oxygen atoms in total. The minimum absolute atomic E-state index is 0.0207. The maximum atomic E-state index is 12.0. The van der Waals surface area contributed by atoms with Crippen molar-refractivity contribution in [3.63, 3.8) is 0 Å². The zero-order valence-electron chi connectivity index (χ0n) is 12.2. The van der Waals surface area contributed by atoms with Crippen LogP contribution in [-0.2, 0) is 9.59 Å². The van der Waals surface area contributed by atoms with Gasteiger partial charge in [-0.2, -0.15) is 0 Å². The Morgan fingerprint density at radius 1 is 1.24 bits per heavy atom. The van der Waals surface area contributed by atoms with Crippen LogP contribution in [0, 0.1) is 13.8 Å². The number of carbonyl (C=O) groups excluding carboxylic acids is 1. The minimum Gasteiger partial charge on any atom is -0.481 e. The number of rotatable bonds is 5. The van der Waals surface area contributed by atoms with Gasteiger partial charge in [0.1, 0.15) is 0 Å². The maximum absolute atomic E-state index is 12.0. The molecule has 0 spiro atoms. The molecule has 0 aromatic carbocycles. The molecule has 2 heterocycles. The number of amides is 1. The number of anilines is 1. The summed E-state index contributed by atoms with van der Waals surface area (Å²) in [6, 6.07) is 0. The predicted octanol–water partition coefficient (Wildman–Crippen LogP) is 1.23. The standard InChI is InChI=1S/C13H19N3O3S2/c1-9-10(2)21-13(14-9)16-5-3-15(4-6-16)11(17)7-20-8-12(18)19/h3-8H2,1-2H3,(H,18,19). The molecule has 1 N–H and O–H groups in total. The first kappa shape index (κ1) is 16.1. The molecule has 0 atom stereocenters. The number of carbonyl (C=O) groups is 2. The Bertz CT molecular complexity index is 505. The SMILES string of the molecule is Cc1nc(N2CCN(C(=O)CSCC(=O)O)CC2)sc1C. The first-order valence-electron chi connectivity index (χ1n) is 6.73. The molecule has 21 heavy (non-hydrogen) atoms. The van der Waals surface area contributed by atoms with Crippen molar-refractivity contribution in [2.45, 2.75) is 13.8 Å². The number of hydrogen-bond donors (Lipinski definition) is 1. The van der Waals surface area contributed by atoms with Gasteiger partial charge in [0.25, 0.3) is 0 Å². The van der Waals surface area contributed by atoms with E-state index in [4.69, 9.17) is 5.11 Å². The summed E-state index contributed by atoms with van der Waals surface area (Å²) in [5.41, 5.74) is 1.07. The van der Waals surface area contributed by atoms with Crippen LogP contribution in [0.15, 0.2) is 0 Å². The highest BCUT2D eigenvalue weighted by Crippen LogP contribution is 2.26. The number of aromatic nitrogens is 1. The van der Waals surface area contributed by atoms with Crippen molar-refractivity contribution in [2.24, 2.45) is 0 Å². The molecular weight excluding hydrogens is 310 g/mol. The van der Waals surface area contributed by atoms with Gasteiger partial charge in [-0.15, -0.1) is 23.1 Å². The lowest BCUT2D eigenvalue weighted by molar-refractivity contribution is -0.133. The van der Waals surface area contributed by atoms with Crippen LogP contribution in [-0.4, -0.2) is 64.6 Å². The molecule has 2 rings (SSSR count). The first-order chi connectivity index (χ1) is 9.97. The van der Waals surface area contributed by atoms with Crippen molar-refractivity contribution in [1.29, 1.82) is 0 Å². The van der Waals surface area contributed by atoms with Gasteiger partial charge < -0.3 is 14.9 Å². The highest BCUT2D eigenvalue weighted by Gasteiger charge is 2.23. The smallest absolute Gasteiger partial charge is 0.313 e. The number of aryl methyl sites for hydroxylation is 2. The number of thioether (sulfide) groups is 1. The molecule has 1 saturated heterocycles. The molecule has 1 aliphatic heterocycles. The van der Waals surface area contributed by atoms with E-state index in [1.165, 1.54) is 4.88 Å². The lowest BCUT2D eigenvalue weighted by Gasteiger charge is -2.34. The second-order valence-corrected chi connectivity index (χ2v) is 7.06. The lowest BCUT2D eigenvalue weighted by atomic mass is 10.3. The van der Waals surface area contributed by atoms with Crippen molar-refractivity contribution >= 4 is 40.1 Å². The van der Waals surface area contributed by atoms with Gasteiger partial charge in [0.2, 0.25) is 5.91 Å². The quantitative estimate of drug-likeness (QED) is 0.876. The van der Waals surface area contributed by atoms with E-state index in [-0.39, 0.29) is 17.4 Å². The van der Waals surface area contributed by atoms with E-state index in [0.717, 1.165) is 35.7 Å². The van der Waals surface area contributed by atoms with Crippen LogP contribution < -0.4 is 4.90 Å². The van der Waals surface area contributed by atoms with E-state index >= 15 is 0 Å². The molecule has 1 fully saturated rings. The van der Waals surface area contributed by atoms with Crippen LogP contribution in [0.2, 0.25) is 0 Å². The molecule has 0 aliphatic carbocycles. The van der Waals surface area contributed by atoms with Crippen molar-refractivity contribution in [3.05, 3.63) is 10.6 Å². The molecule has 1 aliphatic rings. The van der Waals surface area contributed by atoms with E-state index < -0.39 is 5.97 Å². The number of carboxylic acid groups (broad SMARTS) is 1. The largest absolute Gasteiger partial charge is 0.481 e. The second kappa shape index (κ2) is 7.13. The lowest BCUT2D eigenvalue weighted by Crippen LogP contribution is -2.49. The van der Waals surface area contributed by atoms with E-state index in [0.29, 0.717) is 13.1 Å². The molecular formula is C13H19N3O3S2. The average molecular weight is 329 g/mol. The predicted molar refractivity (Wildman–Crippen MR) is 85.3 cm³/mol. The molecule has 0 saturated carbocycles. The Balaban J connectivity index is 1.80. The van der Waals surface area contributed by atoms with E-state index in [2.05, 4.69) is 16.8 Å². The van der Waals surface area contributed by atoms with Gasteiger partial charge in [-0.05, 0) is 13.8 Å². The molecule has 116 valence electrons. The third-order valence-corrected chi connectivity index (χ3v) is 5.41. The fourth-order valence-corrected chi connectivity index (χ4v) is 3.65. The van der Waals surface area contributed by atoms with Crippen molar-refractivity contribution < 1.29 is 14.7 Å². The third-order valence-electron chi connectivity index (χ3n) is 3.37. The number of thiazole rings is 1. The second-order valence-electron chi connectivity index (χ2n) is 4.89. The molecule has 0 radical (unpaired) electrons. The highest BCUT2D eigenvalue weighted by atomic mass is 32.2. The summed E-state index contributed by atoms with van der Waals surface area (Å²) in [5, 5.41) is 9.59. The van der Waals surface area contributed by atoms with Gasteiger partial charge in [-0.25, -0.2) is 4.98 Å². The Kier molecular flexibility index (Phi) is 5.46. The van der Waals surface area contributed by atoms with Crippen LogP contribution in [0.1, 0.15) is 10.6 Å². The van der Waals surface area contributed by atoms with Crippen molar-refractivity contribution in [3.8, 4) is 0 Å². The van der Waals surface area contributed by atoms with E-state index in [9.17, 15) is 9.59 Å². The van der Waals surface area contributed by atoms with Gasteiger partial charge in [-0.1, -0.05) is 0 Å². The summed E-state index contributed by atoms with van der Waals surface area (Å²) < 4.78 is 0. The zero-order valence-corrected chi connectivity index (χ0v) is 13.8. The summed E-state index contributed by atoms with van der Waals surface area (Å²) in [4.78, 5) is 32.2. The average Bonchev–Trinajstić information content (AvgIpc) is 2.78. The summed E-state index contributed by atoms with van der Waals surface area (Å²) in [7, 11) is 0. The normalized spacial score (nSPS) is 15.3. The molecule has 0 bridgehead atoms. The Labute approximate surface area is 132 Å². The number of piperazine rings is 1. The van der Waals surface area contributed by atoms with E-state index in [1.807, 2.05) is 6.92 Å². The first-order valence-corrected chi connectivity index (χ1v) is 8.71. The van der Waals surface area contributed by atoms with Crippen LogP contribution in [0.4, 0.5) is 5.13 Å². The van der Waals surface area contributed by atoms with E-state index in [1.54, 1.807) is 16.2 Å². The van der Waals surface area contributed by atoms with Crippen LogP contribution in [0.3, 0.4) is 0 Å². The number of hydrogen-bond acceptors (Lipinski definition) is 6. The number of nitrogens with zero attached hydrogens (tertiary/aromatic N) is 3. The molecule has 1 aromatic heterocycles. The maximum Gasteiger partial charge on any atom is 0.313 e. The topological polar surface area (TPSA) is 73.7 Å². The minimum atomic E-state index is -0.882. The fourth-order valence-electron chi connectivity index (χ4n) is 2.06. The summed E-state index contributed by atoms with van der Waals surface area (Å²) >= 11 is 2.84. The highest BCUT2D eigenvalue weighted by molar-refractivity contribution is 8.00.